The molecule has 0 atom stereocenters. The first-order valence-corrected chi connectivity index (χ1v) is 8.55. The number of anilines is 3. The van der Waals surface area contributed by atoms with Crippen molar-refractivity contribution in [2.24, 2.45) is 0 Å². The van der Waals surface area contributed by atoms with Crippen molar-refractivity contribution < 1.29 is 4.79 Å². The third kappa shape index (κ3) is 4.03. The first-order chi connectivity index (χ1) is 12.0. The maximum atomic E-state index is 12.3. The smallest absolute Gasteiger partial charge is 0.258 e. The van der Waals surface area contributed by atoms with E-state index in [4.69, 9.17) is 0 Å². The monoisotopic (exact) mass is 396 g/mol. The predicted molar refractivity (Wildman–Crippen MR) is 103 cm³/mol. The Labute approximate surface area is 154 Å². The molecule has 2 aromatic carbocycles. The van der Waals surface area contributed by atoms with E-state index in [0.717, 1.165) is 15.7 Å². The zero-order valence-electron chi connectivity index (χ0n) is 13.9. The van der Waals surface area contributed by atoms with E-state index in [2.05, 4.69) is 49.5 Å². The number of nitrogens with zero attached hydrogens (tertiary/aromatic N) is 2. The molecule has 25 heavy (non-hydrogen) atoms. The molecule has 1 aromatic heterocycles. The van der Waals surface area contributed by atoms with Crippen LogP contribution in [-0.2, 0) is 0 Å². The standard InChI is InChI=1S/C19H17BrN4O/c1-12-6-5-9-16(13(12)2)24-19-21-10-14(11-22-19)18(25)23-17-8-4-3-7-15(17)20/h3-11H,1-2H3,(H,23,25)(H,21,22,24). The fraction of sp³-hybridized carbons (Fsp3) is 0.105. The molecule has 2 N–H and O–H groups in total. The summed E-state index contributed by atoms with van der Waals surface area (Å²) in [6, 6.07) is 13.4. The SMILES string of the molecule is Cc1cccc(Nc2ncc(C(=O)Nc3ccccc3Br)cn2)c1C. The van der Waals surface area contributed by atoms with Gasteiger partial charge in [0.05, 0.1) is 11.3 Å². The van der Waals surface area contributed by atoms with Gasteiger partial charge in [-0.15, -0.1) is 0 Å². The van der Waals surface area contributed by atoms with Gasteiger partial charge in [0.15, 0.2) is 0 Å². The molecule has 0 radical (unpaired) electrons. The lowest BCUT2D eigenvalue weighted by molar-refractivity contribution is 0.102. The van der Waals surface area contributed by atoms with E-state index in [1.807, 2.05) is 43.3 Å². The average molecular weight is 397 g/mol. The highest BCUT2D eigenvalue weighted by Crippen LogP contribution is 2.22. The van der Waals surface area contributed by atoms with Crippen molar-refractivity contribution in [1.82, 2.24) is 9.97 Å². The van der Waals surface area contributed by atoms with Crippen LogP contribution < -0.4 is 10.6 Å². The molecule has 126 valence electrons. The number of carbonyl (C=O) groups excluding carboxylic acids is 1. The number of carbonyl (C=O) groups is 1. The van der Waals surface area contributed by atoms with Gasteiger partial charge in [0, 0.05) is 22.6 Å². The highest BCUT2D eigenvalue weighted by atomic mass is 79.9. The van der Waals surface area contributed by atoms with Crippen molar-refractivity contribution in [3.05, 3.63) is 76.0 Å². The van der Waals surface area contributed by atoms with Crippen LogP contribution >= 0.6 is 15.9 Å². The van der Waals surface area contributed by atoms with Gasteiger partial charge in [-0.2, -0.15) is 0 Å². The number of hydrogen-bond donors (Lipinski definition) is 2. The zero-order chi connectivity index (χ0) is 17.8. The Morgan fingerprint density at radius 1 is 0.960 bits per heavy atom. The molecular formula is C19H17BrN4O. The van der Waals surface area contributed by atoms with E-state index in [1.54, 1.807) is 0 Å². The Kier molecular flexibility index (Phi) is 5.09. The molecule has 0 fully saturated rings. The van der Waals surface area contributed by atoms with Crippen LogP contribution in [-0.4, -0.2) is 15.9 Å². The molecule has 0 saturated heterocycles. The van der Waals surface area contributed by atoms with Gasteiger partial charge in [-0.1, -0.05) is 24.3 Å². The number of aryl methyl sites for hydroxylation is 1. The first kappa shape index (κ1) is 17.1. The maximum Gasteiger partial charge on any atom is 0.258 e. The summed E-state index contributed by atoms with van der Waals surface area (Å²) in [5.41, 5.74) is 4.37. The van der Waals surface area contributed by atoms with Crippen LogP contribution in [0.25, 0.3) is 0 Å². The van der Waals surface area contributed by atoms with Gasteiger partial charge in [0.2, 0.25) is 5.95 Å². The summed E-state index contributed by atoms with van der Waals surface area (Å²) in [7, 11) is 0. The lowest BCUT2D eigenvalue weighted by atomic mass is 10.1. The van der Waals surface area contributed by atoms with E-state index in [-0.39, 0.29) is 5.91 Å². The molecule has 0 aliphatic rings. The minimum absolute atomic E-state index is 0.259. The van der Waals surface area contributed by atoms with Crippen molar-refractivity contribution >= 4 is 39.2 Å². The van der Waals surface area contributed by atoms with Gasteiger partial charge in [0.25, 0.3) is 5.91 Å². The number of para-hydroxylation sites is 1. The molecule has 3 rings (SSSR count). The van der Waals surface area contributed by atoms with Gasteiger partial charge in [0.1, 0.15) is 0 Å². The summed E-state index contributed by atoms with van der Waals surface area (Å²) in [5.74, 6) is 0.191. The normalized spacial score (nSPS) is 10.4. The molecule has 0 aliphatic carbocycles. The number of nitrogens with one attached hydrogen (secondary N) is 2. The minimum Gasteiger partial charge on any atom is -0.324 e. The molecule has 1 amide bonds. The quantitative estimate of drug-likeness (QED) is 0.661. The second-order valence-corrected chi connectivity index (χ2v) is 6.46. The van der Waals surface area contributed by atoms with Crippen LogP contribution in [0, 0.1) is 13.8 Å². The zero-order valence-corrected chi connectivity index (χ0v) is 15.5. The third-order valence-electron chi connectivity index (χ3n) is 3.89. The first-order valence-electron chi connectivity index (χ1n) is 7.76. The van der Waals surface area contributed by atoms with Crippen LogP contribution in [0.5, 0.6) is 0 Å². The summed E-state index contributed by atoms with van der Waals surface area (Å²) in [5, 5.41) is 6.00. The maximum absolute atomic E-state index is 12.3. The molecule has 0 aliphatic heterocycles. The summed E-state index contributed by atoms with van der Waals surface area (Å²) >= 11 is 3.40. The fourth-order valence-electron chi connectivity index (χ4n) is 2.27. The second kappa shape index (κ2) is 7.44. The lowest BCUT2D eigenvalue weighted by Gasteiger charge is -2.10. The van der Waals surface area contributed by atoms with E-state index < -0.39 is 0 Å². The molecule has 0 unspecified atom stereocenters. The molecule has 0 saturated carbocycles. The Hall–Kier alpha value is -2.73. The van der Waals surface area contributed by atoms with Crippen molar-refractivity contribution in [1.29, 1.82) is 0 Å². The van der Waals surface area contributed by atoms with E-state index in [1.165, 1.54) is 18.0 Å². The summed E-state index contributed by atoms with van der Waals surface area (Å²) in [4.78, 5) is 20.8. The predicted octanol–water partition coefficient (Wildman–Crippen LogP) is 4.85. The van der Waals surface area contributed by atoms with Gasteiger partial charge < -0.3 is 10.6 Å². The fourth-order valence-corrected chi connectivity index (χ4v) is 2.66. The topological polar surface area (TPSA) is 66.9 Å². The van der Waals surface area contributed by atoms with E-state index in [0.29, 0.717) is 17.2 Å². The number of benzene rings is 2. The molecular weight excluding hydrogens is 380 g/mol. The average Bonchev–Trinajstić information content (AvgIpc) is 2.61. The Morgan fingerprint density at radius 2 is 1.64 bits per heavy atom. The van der Waals surface area contributed by atoms with Crippen LogP contribution in [0.3, 0.4) is 0 Å². The van der Waals surface area contributed by atoms with Gasteiger partial charge in [-0.05, 0) is 59.1 Å². The number of amides is 1. The van der Waals surface area contributed by atoms with Crippen molar-refractivity contribution in [2.75, 3.05) is 10.6 Å². The third-order valence-corrected chi connectivity index (χ3v) is 4.58. The van der Waals surface area contributed by atoms with Crippen LogP contribution in [0.4, 0.5) is 17.3 Å². The van der Waals surface area contributed by atoms with E-state index >= 15 is 0 Å². The summed E-state index contributed by atoms with van der Waals surface area (Å²) < 4.78 is 0.817. The highest BCUT2D eigenvalue weighted by molar-refractivity contribution is 9.10. The Balaban J connectivity index is 1.73. The van der Waals surface area contributed by atoms with Gasteiger partial charge in [-0.3, -0.25) is 4.79 Å². The van der Waals surface area contributed by atoms with E-state index in [9.17, 15) is 4.79 Å². The number of hydrogen-bond acceptors (Lipinski definition) is 4. The molecule has 5 nitrogen and oxygen atoms in total. The second-order valence-electron chi connectivity index (χ2n) is 5.60. The molecule has 6 heteroatoms. The lowest BCUT2D eigenvalue weighted by Crippen LogP contribution is -2.13. The van der Waals surface area contributed by atoms with Gasteiger partial charge in [-0.25, -0.2) is 9.97 Å². The Bertz CT molecular complexity index is 910. The molecule has 0 bridgehead atoms. The van der Waals surface area contributed by atoms with Crippen LogP contribution in [0.1, 0.15) is 21.5 Å². The molecule has 0 spiro atoms. The number of rotatable bonds is 4. The highest BCUT2D eigenvalue weighted by Gasteiger charge is 2.10. The van der Waals surface area contributed by atoms with Crippen molar-refractivity contribution in [3.8, 4) is 0 Å². The largest absolute Gasteiger partial charge is 0.324 e. The molecule has 1 heterocycles. The number of halogens is 1. The Morgan fingerprint density at radius 3 is 2.36 bits per heavy atom. The number of aromatic nitrogens is 2. The molecule has 3 aromatic rings. The van der Waals surface area contributed by atoms with Crippen molar-refractivity contribution in [3.63, 3.8) is 0 Å². The van der Waals surface area contributed by atoms with Gasteiger partial charge >= 0.3 is 0 Å². The van der Waals surface area contributed by atoms with Crippen molar-refractivity contribution in [2.45, 2.75) is 13.8 Å². The summed E-state index contributed by atoms with van der Waals surface area (Å²) in [6.07, 6.45) is 3.01. The van der Waals surface area contributed by atoms with Crippen LogP contribution in [0.2, 0.25) is 0 Å². The van der Waals surface area contributed by atoms with Crippen LogP contribution in [0.15, 0.2) is 59.3 Å². The summed E-state index contributed by atoms with van der Waals surface area (Å²) in [6.45, 7) is 4.09. The minimum atomic E-state index is -0.259.